The Morgan fingerprint density at radius 2 is 1.68 bits per heavy atom. The molecule has 0 aromatic heterocycles. The molecule has 22 heavy (non-hydrogen) atoms. The Morgan fingerprint density at radius 1 is 1.05 bits per heavy atom. The molecule has 2 aromatic carbocycles. The van der Waals surface area contributed by atoms with Crippen molar-refractivity contribution in [3.05, 3.63) is 71.8 Å². The van der Waals surface area contributed by atoms with Gasteiger partial charge in [0.1, 0.15) is 0 Å². The largest absolute Gasteiger partial charge is 0.393 e. The molecule has 2 unspecified atom stereocenters. The van der Waals surface area contributed by atoms with Gasteiger partial charge in [-0.05, 0) is 18.4 Å². The lowest BCUT2D eigenvalue weighted by molar-refractivity contribution is 0.0390. The summed E-state index contributed by atoms with van der Waals surface area (Å²) < 4.78 is 0. The number of aliphatic hydroxyl groups is 1. The van der Waals surface area contributed by atoms with Crippen LogP contribution in [0.4, 0.5) is 0 Å². The van der Waals surface area contributed by atoms with Gasteiger partial charge >= 0.3 is 0 Å². The summed E-state index contributed by atoms with van der Waals surface area (Å²) in [6.07, 6.45) is 1.13. The second-order valence-electron chi connectivity index (χ2n) is 5.86. The quantitative estimate of drug-likeness (QED) is 0.881. The topological polar surface area (TPSA) is 40.5 Å². The van der Waals surface area contributed by atoms with E-state index in [2.05, 4.69) is 17.0 Å². The average Bonchev–Trinajstić information content (AvgIpc) is 2.58. The third kappa shape index (κ3) is 3.43. The van der Waals surface area contributed by atoms with Crippen molar-refractivity contribution in [2.75, 3.05) is 13.1 Å². The van der Waals surface area contributed by atoms with E-state index in [0.29, 0.717) is 13.0 Å². The number of benzene rings is 2. The molecule has 0 radical (unpaired) electrons. The predicted octanol–water partition coefficient (Wildman–Crippen LogP) is 3.07. The smallest absolute Gasteiger partial charge is 0.176 e. The van der Waals surface area contributed by atoms with E-state index in [1.807, 2.05) is 48.5 Å². The van der Waals surface area contributed by atoms with E-state index in [0.717, 1.165) is 18.5 Å². The van der Waals surface area contributed by atoms with Crippen LogP contribution in [0, 0.1) is 0 Å². The van der Waals surface area contributed by atoms with Gasteiger partial charge in [0.05, 0.1) is 12.6 Å². The fourth-order valence-corrected chi connectivity index (χ4v) is 3.11. The molecule has 2 aromatic rings. The summed E-state index contributed by atoms with van der Waals surface area (Å²) in [6.45, 7) is 1.15. The number of hydrogen-bond acceptors (Lipinski definition) is 3. The van der Waals surface area contributed by atoms with Crippen molar-refractivity contribution in [1.29, 1.82) is 0 Å². The zero-order chi connectivity index (χ0) is 15.4. The first-order chi connectivity index (χ1) is 10.7. The first-order valence-corrected chi connectivity index (χ1v) is 7.79. The fraction of sp³-hybridized carbons (Fsp3) is 0.316. The Hall–Kier alpha value is -1.97. The monoisotopic (exact) mass is 295 g/mol. The van der Waals surface area contributed by atoms with Crippen LogP contribution in [-0.4, -0.2) is 35.0 Å². The van der Waals surface area contributed by atoms with E-state index >= 15 is 0 Å². The molecular formula is C19H21NO2. The van der Waals surface area contributed by atoms with E-state index in [9.17, 15) is 9.90 Å². The molecule has 2 atom stereocenters. The number of hydrogen-bond donors (Lipinski definition) is 1. The molecule has 1 saturated heterocycles. The Morgan fingerprint density at radius 3 is 2.36 bits per heavy atom. The number of piperidine rings is 1. The van der Waals surface area contributed by atoms with Gasteiger partial charge in [0.25, 0.3) is 0 Å². The summed E-state index contributed by atoms with van der Waals surface area (Å²) in [5.41, 5.74) is 1.92. The molecule has 3 rings (SSSR count). The molecule has 1 heterocycles. The van der Waals surface area contributed by atoms with Crippen LogP contribution in [0.1, 0.15) is 34.8 Å². The van der Waals surface area contributed by atoms with E-state index < -0.39 is 0 Å². The number of rotatable bonds is 4. The minimum absolute atomic E-state index is 0.109. The van der Waals surface area contributed by atoms with E-state index in [1.54, 1.807) is 0 Å². The van der Waals surface area contributed by atoms with Crippen molar-refractivity contribution < 1.29 is 9.90 Å². The Labute approximate surface area is 131 Å². The number of nitrogens with zero attached hydrogens (tertiary/aromatic N) is 1. The highest BCUT2D eigenvalue weighted by molar-refractivity contribution is 5.97. The molecule has 114 valence electrons. The van der Waals surface area contributed by atoms with Crippen molar-refractivity contribution in [3.8, 4) is 0 Å². The van der Waals surface area contributed by atoms with Crippen molar-refractivity contribution in [3.63, 3.8) is 0 Å². The lowest BCUT2D eigenvalue weighted by Gasteiger charge is -2.37. The number of aliphatic hydroxyl groups excluding tert-OH is 1. The van der Waals surface area contributed by atoms with Crippen molar-refractivity contribution in [1.82, 2.24) is 4.90 Å². The highest BCUT2D eigenvalue weighted by Crippen LogP contribution is 2.31. The maximum absolute atomic E-state index is 12.5. The number of Topliss-reactive ketones (excluding diaryl/α,β-unsaturated/α-hetero) is 1. The van der Waals surface area contributed by atoms with Gasteiger partial charge in [-0.1, -0.05) is 60.7 Å². The lowest BCUT2D eigenvalue weighted by Crippen LogP contribution is -2.41. The number of ketones is 1. The van der Waals surface area contributed by atoms with Gasteiger partial charge in [0.2, 0.25) is 0 Å². The predicted molar refractivity (Wildman–Crippen MR) is 86.8 cm³/mol. The Kier molecular flexibility index (Phi) is 4.66. The molecule has 1 aliphatic heterocycles. The molecule has 0 spiro atoms. The lowest BCUT2D eigenvalue weighted by atomic mass is 9.93. The Bertz CT molecular complexity index is 612. The maximum Gasteiger partial charge on any atom is 0.176 e. The van der Waals surface area contributed by atoms with E-state index in [1.165, 1.54) is 5.56 Å². The third-order valence-corrected chi connectivity index (χ3v) is 4.31. The van der Waals surface area contributed by atoms with Crippen LogP contribution in [0.5, 0.6) is 0 Å². The third-order valence-electron chi connectivity index (χ3n) is 4.31. The molecule has 0 bridgehead atoms. The number of carbonyl (C=O) groups excluding carboxylic acids is 1. The van der Waals surface area contributed by atoms with Crippen LogP contribution in [0.15, 0.2) is 60.7 Å². The van der Waals surface area contributed by atoms with Gasteiger partial charge in [-0.3, -0.25) is 9.69 Å². The summed E-state index contributed by atoms with van der Waals surface area (Å²) in [5.74, 6) is 0.137. The van der Waals surface area contributed by atoms with Gasteiger partial charge in [-0.25, -0.2) is 0 Å². The average molecular weight is 295 g/mol. The van der Waals surface area contributed by atoms with Gasteiger partial charge < -0.3 is 5.11 Å². The summed E-state index contributed by atoms with van der Waals surface area (Å²) in [4.78, 5) is 14.7. The van der Waals surface area contributed by atoms with Crippen molar-refractivity contribution in [2.45, 2.75) is 25.0 Å². The first kappa shape index (κ1) is 14.9. The second kappa shape index (κ2) is 6.86. The van der Waals surface area contributed by atoms with E-state index in [-0.39, 0.29) is 17.9 Å². The minimum atomic E-state index is -0.284. The summed E-state index contributed by atoms with van der Waals surface area (Å²) in [7, 11) is 0. The van der Waals surface area contributed by atoms with Gasteiger partial charge in [-0.2, -0.15) is 0 Å². The zero-order valence-corrected chi connectivity index (χ0v) is 12.6. The molecule has 1 aliphatic rings. The molecule has 1 N–H and O–H groups in total. The van der Waals surface area contributed by atoms with Gasteiger partial charge in [0, 0.05) is 18.2 Å². The highest BCUT2D eigenvalue weighted by atomic mass is 16.3. The van der Waals surface area contributed by atoms with Gasteiger partial charge in [-0.15, -0.1) is 0 Å². The zero-order valence-electron chi connectivity index (χ0n) is 12.6. The first-order valence-electron chi connectivity index (χ1n) is 7.79. The van der Waals surface area contributed by atoms with Crippen LogP contribution in [0.2, 0.25) is 0 Å². The van der Waals surface area contributed by atoms with Gasteiger partial charge in [0.15, 0.2) is 5.78 Å². The van der Waals surface area contributed by atoms with Crippen LogP contribution < -0.4 is 0 Å². The molecular weight excluding hydrogens is 274 g/mol. The molecule has 3 heteroatoms. The molecule has 0 aliphatic carbocycles. The van der Waals surface area contributed by atoms with Crippen LogP contribution in [-0.2, 0) is 0 Å². The molecule has 0 amide bonds. The molecule has 1 fully saturated rings. The number of carbonyl (C=O) groups is 1. The highest BCUT2D eigenvalue weighted by Gasteiger charge is 2.29. The van der Waals surface area contributed by atoms with Crippen LogP contribution in [0.3, 0.4) is 0 Å². The maximum atomic E-state index is 12.5. The van der Waals surface area contributed by atoms with E-state index in [4.69, 9.17) is 0 Å². The minimum Gasteiger partial charge on any atom is -0.393 e. The second-order valence-corrected chi connectivity index (χ2v) is 5.86. The summed E-state index contributed by atoms with van der Waals surface area (Å²) in [6, 6.07) is 19.7. The fourth-order valence-electron chi connectivity index (χ4n) is 3.11. The van der Waals surface area contributed by atoms with Crippen molar-refractivity contribution in [2.24, 2.45) is 0 Å². The standard InChI is InChI=1S/C19H21NO2/c21-17-11-12-20(14-19(22)16-9-5-2-6-10-16)18(13-17)15-7-3-1-4-8-15/h1-10,17-18,21H,11-14H2. The molecule has 3 nitrogen and oxygen atoms in total. The SMILES string of the molecule is O=C(CN1CCC(O)CC1c1ccccc1)c1ccccc1. The normalized spacial score (nSPS) is 22.4. The summed E-state index contributed by atoms with van der Waals surface area (Å²) in [5, 5.41) is 10.00. The molecule has 0 saturated carbocycles. The van der Waals surface area contributed by atoms with Crippen molar-refractivity contribution >= 4 is 5.78 Å². The number of likely N-dealkylation sites (tertiary alicyclic amines) is 1. The Balaban J connectivity index is 1.77. The summed E-state index contributed by atoms with van der Waals surface area (Å²) >= 11 is 0. The van der Waals surface area contributed by atoms with Crippen LogP contribution in [0.25, 0.3) is 0 Å². The van der Waals surface area contributed by atoms with Crippen LogP contribution >= 0.6 is 0 Å².